The lowest BCUT2D eigenvalue weighted by molar-refractivity contribution is -0.134. The molecule has 0 saturated heterocycles. The number of hydrogen-bond donors (Lipinski definition) is 1. The highest BCUT2D eigenvalue weighted by Gasteiger charge is 2.22. The van der Waals surface area contributed by atoms with E-state index in [0.717, 1.165) is 12.8 Å². The summed E-state index contributed by atoms with van der Waals surface area (Å²) in [5.74, 6) is 0.816. The maximum absolute atomic E-state index is 11.9. The standard InChI is InChI=1S/C13H25ClN2O2/c1-10(2)9-11(13(18)16(3)4)15-12(17)7-5-6-8-14/h10-11H,5-9H2,1-4H3,(H,15,17). The molecule has 0 aliphatic carbocycles. The van der Waals surface area contributed by atoms with Gasteiger partial charge < -0.3 is 10.2 Å². The van der Waals surface area contributed by atoms with Crippen LogP contribution >= 0.6 is 11.6 Å². The molecule has 0 spiro atoms. The molecule has 0 aromatic heterocycles. The Kier molecular flexibility index (Phi) is 8.81. The van der Waals surface area contributed by atoms with Crippen LogP contribution in [0.1, 0.15) is 39.5 Å². The van der Waals surface area contributed by atoms with Gasteiger partial charge in [-0.1, -0.05) is 13.8 Å². The number of carbonyl (C=O) groups is 2. The molecule has 1 N–H and O–H groups in total. The van der Waals surface area contributed by atoms with Crippen LogP contribution in [0.25, 0.3) is 0 Å². The number of hydrogen-bond acceptors (Lipinski definition) is 2. The zero-order chi connectivity index (χ0) is 14.1. The molecule has 5 heteroatoms. The van der Waals surface area contributed by atoms with E-state index < -0.39 is 6.04 Å². The number of alkyl halides is 1. The molecule has 18 heavy (non-hydrogen) atoms. The third kappa shape index (κ3) is 7.54. The third-order valence-corrected chi connectivity index (χ3v) is 2.84. The van der Waals surface area contributed by atoms with Gasteiger partial charge in [0, 0.05) is 26.4 Å². The highest BCUT2D eigenvalue weighted by atomic mass is 35.5. The Labute approximate surface area is 115 Å². The van der Waals surface area contributed by atoms with Crippen molar-refractivity contribution < 1.29 is 9.59 Å². The van der Waals surface area contributed by atoms with E-state index in [-0.39, 0.29) is 11.8 Å². The zero-order valence-electron chi connectivity index (χ0n) is 11.8. The number of unbranched alkanes of at least 4 members (excludes halogenated alkanes) is 1. The first-order valence-corrected chi connectivity index (χ1v) is 6.98. The molecule has 0 radical (unpaired) electrons. The van der Waals surface area contributed by atoms with Crippen LogP contribution in [-0.4, -0.2) is 42.7 Å². The second-order valence-corrected chi connectivity index (χ2v) is 5.51. The van der Waals surface area contributed by atoms with Crippen LogP contribution in [0.4, 0.5) is 0 Å². The van der Waals surface area contributed by atoms with E-state index in [2.05, 4.69) is 5.32 Å². The molecule has 0 aliphatic heterocycles. The second kappa shape index (κ2) is 9.20. The summed E-state index contributed by atoms with van der Waals surface area (Å²) < 4.78 is 0. The first-order valence-electron chi connectivity index (χ1n) is 6.45. The van der Waals surface area contributed by atoms with Gasteiger partial charge in [-0.25, -0.2) is 0 Å². The van der Waals surface area contributed by atoms with Crippen LogP contribution in [0, 0.1) is 5.92 Å². The number of carbonyl (C=O) groups excluding carboxylic acids is 2. The van der Waals surface area contributed by atoms with Crippen LogP contribution in [0.2, 0.25) is 0 Å². The number of likely N-dealkylation sites (N-methyl/N-ethyl adjacent to an activating group) is 1. The molecule has 0 bridgehead atoms. The van der Waals surface area contributed by atoms with Crippen molar-refractivity contribution in [1.82, 2.24) is 10.2 Å². The highest BCUT2D eigenvalue weighted by molar-refractivity contribution is 6.17. The highest BCUT2D eigenvalue weighted by Crippen LogP contribution is 2.08. The lowest BCUT2D eigenvalue weighted by Crippen LogP contribution is -2.46. The van der Waals surface area contributed by atoms with Gasteiger partial charge in [0.15, 0.2) is 0 Å². The number of halogens is 1. The lowest BCUT2D eigenvalue weighted by Gasteiger charge is -2.23. The van der Waals surface area contributed by atoms with Crippen molar-refractivity contribution in [3.8, 4) is 0 Å². The van der Waals surface area contributed by atoms with Gasteiger partial charge in [0.1, 0.15) is 6.04 Å². The predicted octanol–water partition coefficient (Wildman–Crippen LogP) is 2.01. The maximum atomic E-state index is 11.9. The Morgan fingerprint density at radius 3 is 2.28 bits per heavy atom. The molecule has 0 heterocycles. The Morgan fingerprint density at radius 2 is 1.83 bits per heavy atom. The smallest absolute Gasteiger partial charge is 0.244 e. The van der Waals surface area contributed by atoms with Crippen LogP contribution in [0.3, 0.4) is 0 Å². The fraction of sp³-hybridized carbons (Fsp3) is 0.846. The summed E-state index contributed by atoms with van der Waals surface area (Å²) >= 11 is 5.56. The predicted molar refractivity (Wildman–Crippen MR) is 74.7 cm³/mol. The van der Waals surface area contributed by atoms with Gasteiger partial charge in [0.2, 0.25) is 11.8 Å². The minimum Gasteiger partial charge on any atom is -0.347 e. The maximum Gasteiger partial charge on any atom is 0.244 e. The molecule has 0 fully saturated rings. The Hall–Kier alpha value is -0.770. The SMILES string of the molecule is CC(C)CC(NC(=O)CCCCCl)C(=O)N(C)C. The number of amides is 2. The van der Waals surface area contributed by atoms with E-state index >= 15 is 0 Å². The van der Waals surface area contributed by atoms with Crippen LogP contribution in [0.5, 0.6) is 0 Å². The average molecular weight is 277 g/mol. The van der Waals surface area contributed by atoms with E-state index in [0.29, 0.717) is 24.6 Å². The quantitative estimate of drug-likeness (QED) is 0.545. The van der Waals surface area contributed by atoms with Gasteiger partial charge in [-0.05, 0) is 25.2 Å². The zero-order valence-corrected chi connectivity index (χ0v) is 12.6. The van der Waals surface area contributed by atoms with Crippen molar-refractivity contribution in [2.45, 2.75) is 45.6 Å². The molecule has 1 atom stereocenters. The molecule has 1 unspecified atom stereocenters. The summed E-state index contributed by atoms with van der Waals surface area (Å²) in [6.45, 7) is 4.07. The summed E-state index contributed by atoms with van der Waals surface area (Å²) in [5, 5.41) is 2.82. The van der Waals surface area contributed by atoms with Crippen LogP contribution < -0.4 is 5.32 Å². The van der Waals surface area contributed by atoms with Crippen LogP contribution in [0.15, 0.2) is 0 Å². The molecule has 106 valence electrons. The second-order valence-electron chi connectivity index (χ2n) is 5.13. The number of rotatable bonds is 8. The van der Waals surface area contributed by atoms with E-state index in [1.54, 1.807) is 14.1 Å². The van der Waals surface area contributed by atoms with Gasteiger partial charge in [-0.3, -0.25) is 9.59 Å². The molecule has 2 amide bonds. The molecular formula is C13H25ClN2O2. The van der Waals surface area contributed by atoms with Crippen molar-refractivity contribution in [3.05, 3.63) is 0 Å². The van der Waals surface area contributed by atoms with Gasteiger partial charge in [0.25, 0.3) is 0 Å². The van der Waals surface area contributed by atoms with E-state index in [1.165, 1.54) is 4.90 Å². The fourth-order valence-corrected chi connectivity index (χ4v) is 1.84. The molecular weight excluding hydrogens is 252 g/mol. The van der Waals surface area contributed by atoms with Crippen molar-refractivity contribution in [3.63, 3.8) is 0 Å². The molecule has 0 aromatic rings. The largest absolute Gasteiger partial charge is 0.347 e. The lowest BCUT2D eigenvalue weighted by atomic mass is 10.0. The van der Waals surface area contributed by atoms with E-state index in [9.17, 15) is 9.59 Å². The van der Waals surface area contributed by atoms with E-state index in [1.807, 2.05) is 13.8 Å². The number of nitrogens with one attached hydrogen (secondary N) is 1. The van der Waals surface area contributed by atoms with Gasteiger partial charge in [-0.2, -0.15) is 0 Å². The summed E-state index contributed by atoms with van der Waals surface area (Å²) in [7, 11) is 3.41. The Bertz CT molecular complexity index is 268. The van der Waals surface area contributed by atoms with Crippen molar-refractivity contribution in [2.24, 2.45) is 5.92 Å². The van der Waals surface area contributed by atoms with Crippen molar-refractivity contribution >= 4 is 23.4 Å². The molecule has 4 nitrogen and oxygen atoms in total. The Morgan fingerprint density at radius 1 is 1.22 bits per heavy atom. The third-order valence-electron chi connectivity index (χ3n) is 2.57. The minimum atomic E-state index is -0.413. The van der Waals surface area contributed by atoms with E-state index in [4.69, 9.17) is 11.6 Å². The molecule has 0 aromatic carbocycles. The summed E-state index contributed by atoms with van der Waals surface area (Å²) in [4.78, 5) is 25.2. The number of nitrogens with zero attached hydrogens (tertiary/aromatic N) is 1. The summed E-state index contributed by atoms with van der Waals surface area (Å²) in [5.41, 5.74) is 0. The van der Waals surface area contributed by atoms with Crippen molar-refractivity contribution in [1.29, 1.82) is 0 Å². The minimum absolute atomic E-state index is 0.0469. The van der Waals surface area contributed by atoms with Crippen molar-refractivity contribution in [2.75, 3.05) is 20.0 Å². The monoisotopic (exact) mass is 276 g/mol. The van der Waals surface area contributed by atoms with Gasteiger partial charge >= 0.3 is 0 Å². The first kappa shape index (κ1) is 17.2. The Balaban J connectivity index is 4.31. The molecule has 0 saturated carbocycles. The normalized spacial score (nSPS) is 12.3. The summed E-state index contributed by atoms with van der Waals surface area (Å²) in [6, 6.07) is -0.413. The molecule has 0 rings (SSSR count). The topological polar surface area (TPSA) is 49.4 Å². The molecule has 0 aliphatic rings. The first-order chi connectivity index (χ1) is 8.38. The van der Waals surface area contributed by atoms with Gasteiger partial charge in [0.05, 0.1) is 0 Å². The summed E-state index contributed by atoms with van der Waals surface area (Å²) in [6.07, 6.45) is 2.69. The van der Waals surface area contributed by atoms with Gasteiger partial charge in [-0.15, -0.1) is 11.6 Å². The average Bonchev–Trinajstić information content (AvgIpc) is 2.26. The fourth-order valence-electron chi connectivity index (χ4n) is 1.65. The van der Waals surface area contributed by atoms with Crippen LogP contribution in [-0.2, 0) is 9.59 Å².